The third-order valence-corrected chi connectivity index (χ3v) is 3.33. The quantitative estimate of drug-likeness (QED) is 0.888. The largest absolute Gasteiger partial charge is 0.306 e. The molecular weight excluding hydrogens is 267 g/mol. The van der Waals surface area contributed by atoms with Gasteiger partial charge in [-0.1, -0.05) is 13.8 Å². The Kier molecular flexibility index (Phi) is 5.33. The van der Waals surface area contributed by atoms with Crippen LogP contribution >= 0.6 is 0 Å². The van der Waals surface area contributed by atoms with E-state index in [1.54, 1.807) is 6.20 Å². The van der Waals surface area contributed by atoms with Crippen LogP contribution in [0.15, 0.2) is 24.5 Å². The van der Waals surface area contributed by atoms with E-state index in [1.165, 1.54) is 12.3 Å². The summed E-state index contributed by atoms with van der Waals surface area (Å²) in [6, 6.07) is 3.43. The van der Waals surface area contributed by atoms with Crippen molar-refractivity contribution in [3.63, 3.8) is 0 Å². The van der Waals surface area contributed by atoms with Crippen molar-refractivity contribution in [1.82, 2.24) is 20.5 Å². The van der Waals surface area contributed by atoms with Gasteiger partial charge in [-0.3, -0.25) is 4.98 Å². The lowest BCUT2D eigenvalue weighted by Crippen LogP contribution is -2.25. The van der Waals surface area contributed by atoms with Gasteiger partial charge in [-0.15, -0.1) is 0 Å². The highest BCUT2D eigenvalue weighted by molar-refractivity contribution is 5.33. The Hall–Kier alpha value is -1.88. The minimum atomic E-state index is -0.326. The molecule has 0 radical (unpaired) electrons. The molecule has 112 valence electrons. The van der Waals surface area contributed by atoms with E-state index in [9.17, 15) is 4.39 Å². The fraction of sp³-hybridized carbons (Fsp3) is 0.438. The zero-order chi connectivity index (χ0) is 15.2. The first-order valence-electron chi connectivity index (χ1n) is 7.32. The van der Waals surface area contributed by atoms with Gasteiger partial charge in [-0.2, -0.15) is 10.2 Å². The van der Waals surface area contributed by atoms with Crippen molar-refractivity contribution < 1.29 is 4.39 Å². The van der Waals surface area contributed by atoms with Crippen LogP contribution in [-0.4, -0.2) is 21.7 Å². The maximum absolute atomic E-state index is 13.5. The molecule has 0 saturated carbocycles. The lowest BCUT2D eigenvalue weighted by Gasteiger charge is -2.21. The molecule has 2 heterocycles. The molecule has 1 atom stereocenters. The molecule has 0 fully saturated rings. The number of pyridine rings is 1. The van der Waals surface area contributed by atoms with Gasteiger partial charge in [0.05, 0.1) is 23.6 Å². The molecule has 0 aliphatic heterocycles. The Labute approximate surface area is 124 Å². The molecule has 0 aliphatic carbocycles. The van der Waals surface area contributed by atoms with E-state index >= 15 is 0 Å². The van der Waals surface area contributed by atoms with E-state index in [-0.39, 0.29) is 11.9 Å². The van der Waals surface area contributed by atoms with Crippen molar-refractivity contribution >= 4 is 0 Å². The van der Waals surface area contributed by atoms with Crippen LogP contribution in [0.25, 0.3) is 0 Å². The zero-order valence-electron chi connectivity index (χ0n) is 12.7. The summed E-state index contributed by atoms with van der Waals surface area (Å²) in [7, 11) is 0. The van der Waals surface area contributed by atoms with Gasteiger partial charge < -0.3 is 5.32 Å². The van der Waals surface area contributed by atoms with E-state index in [0.717, 1.165) is 41.9 Å². The fourth-order valence-electron chi connectivity index (χ4n) is 2.34. The first-order chi connectivity index (χ1) is 10.2. The summed E-state index contributed by atoms with van der Waals surface area (Å²) in [5, 5.41) is 11.8. The molecule has 21 heavy (non-hydrogen) atoms. The molecule has 2 rings (SSSR count). The van der Waals surface area contributed by atoms with Gasteiger partial charge in [-0.25, -0.2) is 4.39 Å². The standard InChI is InChI=1S/C16H21FN4/c1-4-6-19-16(12-8-13(17)10-18-9-12)14-7-11(3)20-21-15(14)5-2/h7-10,16,19H,4-6H2,1-3H3. The van der Waals surface area contributed by atoms with Gasteiger partial charge in [0, 0.05) is 6.20 Å². The molecule has 1 unspecified atom stereocenters. The minimum absolute atomic E-state index is 0.114. The highest BCUT2D eigenvalue weighted by atomic mass is 19.1. The van der Waals surface area contributed by atoms with Crippen LogP contribution in [0.5, 0.6) is 0 Å². The topological polar surface area (TPSA) is 50.7 Å². The van der Waals surface area contributed by atoms with Crippen LogP contribution in [0.4, 0.5) is 4.39 Å². The second kappa shape index (κ2) is 7.22. The molecule has 0 bridgehead atoms. The number of nitrogens with zero attached hydrogens (tertiary/aromatic N) is 3. The van der Waals surface area contributed by atoms with E-state index in [0.29, 0.717) is 0 Å². The van der Waals surface area contributed by atoms with Crippen LogP contribution in [0.1, 0.15) is 48.8 Å². The molecule has 4 nitrogen and oxygen atoms in total. The van der Waals surface area contributed by atoms with E-state index in [1.807, 2.05) is 19.9 Å². The minimum Gasteiger partial charge on any atom is -0.306 e. The van der Waals surface area contributed by atoms with Crippen molar-refractivity contribution in [2.24, 2.45) is 0 Å². The van der Waals surface area contributed by atoms with Crippen LogP contribution in [0.2, 0.25) is 0 Å². The Bertz CT molecular complexity index is 601. The summed E-state index contributed by atoms with van der Waals surface area (Å²) in [6.45, 7) is 6.90. The molecule has 5 heteroatoms. The van der Waals surface area contributed by atoms with E-state index < -0.39 is 0 Å². The highest BCUT2D eigenvalue weighted by Crippen LogP contribution is 2.25. The highest BCUT2D eigenvalue weighted by Gasteiger charge is 2.19. The Morgan fingerprint density at radius 2 is 2.00 bits per heavy atom. The van der Waals surface area contributed by atoms with Crippen molar-refractivity contribution in [2.45, 2.75) is 39.7 Å². The molecule has 2 aromatic rings. The summed E-state index contributed by atoms with van der Waals surface area (Å²) in [4.78, 5) is 3.97. The monoisotopic (exact) mass is 288 g/mol. The van der Waals surface area contributed by atoms with Gasteiger partial charge >= 0.3 is 0 Å². The number of hydrogen-bond acceptors (Lipinski definition) is 4. The van der Waals surface area contributed by atoms with Crippen molar-refractivity contribution in [2.75, 3.05) is 6.54 Å². The van der Waals surface area contributed by atoms with Crippen molar-refractivity contribution in [3.8, 4) is 0 Å². The van der Waals surface area contributed by atoms with Gasteiger partial charge in [0.15, 0.2) is 0 Å². The van der Waals surface area contributed by atoms with Crippen LogP contribution in [-0.2, 0) is 6.42 Å². The maximum Gasteiger partial charge on any atom is 0.141 e. The van der Waals surface area contributed by atoms with Gasteiger partial charge in [0.2, 0.25) is 0 Å². The Morgan fingerprint density at radius 1 is 1.19 bits per heavy atom. The van der Waals surface area contributed by atoms with Crippen LogP contribution in [0, 0.1) is 12.7 Å². The lowest BCUT2D eigenvalue weighted by atomic mass is 9.97. The summed E-state index contributed by atoms with van der Waals surface area (Å²) < 4.78 is 13.5. The number of aromatic nitrogens is 3. The van der Waals surface area contributed by atoms with Crippen LogP contribution < -0.4 is 5.32 Å². The number of aryl methyl sites for hydroxylation is 2. The fourth-order valence-corrected chi connectivity index (χ4v) is 2.34. The predicted molar refractivity (Wildman–Crippen MR) is 80.5 cm³/mol. The van der Waals surface area contributed by atoms with Crippen molar-refractivity contribution in [1.29, 1.82) is 0 Å². The molecule has 0 saturated heterocycles. The third-order valence-electron chi connectivity index (χ3n) is 3.33. The summed E-state index contributed by atoms with van der Waals surface area (Å²) in [5.41, 5.74) is 3.64. The zero-order valence-corrected chi connectivity index (χ0v) is 12.7. The van der Waals surface area contributed by atoms with Crippen molar-refractivity contribution in [3.05, 3.63) is 52.9 Å². The van der Waals surface area contributed by atoms with Crippen LogP contribution in [0.3, 0.4) is 0 Å². The second-order valence-electron chi connectivity index (χ2n) is 5.06. The Balaban J connectivity index is 2.47. The summed E-state index contributed by atoms with van der Waals surface area (Å²) >= 11 is 0. The first-order valence-corrected chi connectivity index (χ1v) is 7.32. The second-order valence-corrected chi connectivity index (χ2v) is 5.06. The van der Waals surface area contributed by atoms with E-state index in [2.05, 4.69) is 27.4 Å². The molecule has 2 aromatic heterocycles. The molecule has 1 N–H and O–H groups in total. The third kappa shape index (κ3) is 3.82. The molecular formula is C16H21FN4. The van der Waals surface area contributed by atoms with Gasteiger partial charge in [0.1, 0.15) is 5.82 Å². The molecule has 0 amide bonds. The summed E-state index contributed by atoms with van der Waals surface area (Å²) in [6.07, 6.45) is 4.70. The Morgan fingerprint density at radius 3 is 2.67 bits per heavy atom. The summed E-state index contributed by atoms with van der Waals surface area (Å²) in [5.74, 6) is -0.326. The first kappa shape index (κ1) is 15.5. The average molecular weight is 288 g/mol. The maximum atomic E-state index is 13.5. The number of nitrogens with one attached hydrogen (secondary N) is 1. The number of rotatable bonds is 6. The SMILES string of the molecule is CCCNC(c1cncc(F)c1)c1cc(C)nnc1CC. The number of hydrogen-bond donors (Lipinski definition) is 1. The molecule has 0 aliphatic rings. The van der Waals surface area contributed by atoms with Gasteiger partial charge in [-0.05, 0) is 49.6 Å². The molecule has 0 aromatic carbocycles. The number of halogens is 1. The average Bonchev–Trinajstić information content (AvgIpc) is 2.48. The van der Waals surface area contributed by atoms with E-state index in [4.69, 9.17) is 0 Å². The molecule has 0 spiro atoms. The van der Waals surface area contributed by atoms with Gasteiger partial charge in [0.25, 0.3) is 0 Å². The lowest BCUT2D eigenvalue weighted by molar-refractivity contribution is 0.573. The smallest absolute Gasteiger partial charge is 0.141 e. The predicted octanol–water partition coefficient (Wildman–Crippen LogP) is 2.97. The normalized spacial score (nSPS) is 12.4.